The van der Waals surface area contributed by atoms with Crippen LogP contribution in [0.25, 0.3) is 0 Å². The molecule has 0 saturated heterocycles. The van der Waals surface area contributed by atoms with Crippen LogP contribution in [0.3, 0.4) is 0 Å². The van der Waals surface area contributed by atoms with Crippen LogP contribution in [0.1, 0.15) is 16.8 Å². The molecule has 0 atom stereocenters. The predicted molar refractivity (Wildman–Crippen MR) is 56.0 cm³/mol. The summed E-state index contributed by atoms with van der Waals surface area (Å²) in [5.74, 6) is -0.924. The van der Waals surface area contributed by atoms with E-state index in [1.54, 1.807) is 0 Å². The molecule has 0 spiro atoms. The highest BCUT2D eigenvalue weighted by Gasteiger charge is 2.09. The second-order valence-electron chi connectivity index (χ2n) is 3.05. The van der Waals surface area contributed by atoms with Gasteiger partial charge in [0.25, 0.3) is 0 Å². The van der Waals surface area contributed by atoms with Crippen LogP contribution in [0.4, 0.5) is 4.39 Å². The van der Waals surface area contributed by atoms with Crippen molar-refractivity contribution in [2.75, 3.05) is 13.7 Å². The fraction of sp³-hybridized carbons (Fsp3) is 0.273. The molecule has 0 aliphatic heterocycles. The van der Waals surface area contributed by atoms with Crippen molar-refractivity contribution in [3.8, 4) is 5.75 Å². The number of carbonyl (C=O) groups excluding carboxylic acids is 2. The van der Waals surface area contributed by atoms with Crippen molar-refractivity contribution in [2.45, 2.75) is 6.42 Å². The molecule has 0 radical (unpaired) electrons. The quantitative estimate of drug-likeness (QED) is 0.765. The predicted octanol–water partition coefficient (Wildman–Crippen LogP) is 1.15. The number of hydrogen-bond donors (Lipinski definition) is 1. The van der Waals surface area contributed by atoms with E-state index in [0.29, 0.717) is 6.29 Å². The van der Waals surface area contributed by atoms with E-state index in [0.717, 1.165) is 0 Å². The molecule has 4 nitrogen and oxygen atoms in total. The molecule has 1 N–H and O–H groups in total. The highest BCUT2D eigenvalue weighted by Crippen LogP contribution is 2.20. The molecular weight excluding hydrogens is 213 g/mol. The van der Waals surface area contributed by atoms with Crippen molar-refractivity contribution in [3.05, 3.63) is 29.6 Å². The van der Waals surface area contributed by atoms with Crippen molar-refractivity contribution in [2.24, 2.45) is 0 Å². The molecule has 0 aliphatic carbocycles. The zero-order valence-corrected chi connectivity index (χ0v) is 8.83. The maximum absolute atomic E-state index is 13.3. The Balaban J connectivity index is 2.65. The van der Waals surface area contributed by atoms with Crippen LogP contribution in [-0.2, 0) is 4.79 Å². The minimum atomic E-state index is -0.610. The van der Waals surface area contributed by atoms with Gasteiger partial charge in [-0.15, -0.1) is 0 Å². The van der Waals surface area contributed by atoms with Crippen molar-refractivity contribution >= 4 is 12.2 Å². The second kappa shape index (κ2) is 5.85. The molecule has 0 bridgehead atoms. The normalized spacial score (nSPS) is 9.62. The summed E-state index contributed by atoms with van der Waals surface area (Å²) < 4.78 is 18.3. The highest BCUT2D eigenvalue weighted by atomic mass is 19.1. The monoisotopic (exact) mass is 225 g/mol. The highest BCUT2D eigenvalue weighted by molar-refractivity contribution is 5.79. The topological polar surface area (TPSA) is 55.4 Å². The van der Waals surface area contributed by atoms with Crippen LogP contribution in [0.5, 0.6) is 5.75 Å². The summed E-state index contributed by atoms with van der Waals surface area (Å²) in [6.45, 7) is 0.0292. The number of hydrogen-bond acceptors (Lipinski definition) is 3. The van der Waals surface area contributed by atoms with E-state index in [1.807, 2.05) is 0 Å². The first-order valence-corrected chi connectivity index (χ1v) is 4.76. The van der Waals surface area contributed by atoms with Gasteiger partial charge in [-0.05, 0) is 12.1 Å². The van der Waals surface area contributed by atoms with Gasteiger partial charge in [-0.3, -0.25) is 9.59 Å². The minimum Gasteiger partial charge on any atom is -0.489 e. The smallest absolute Gasteiger partial charge is 0.223 e. The molecule has 0 unspecified atom stereocenters. The number of aldehydes is 1. The van der Waals surface area contributed by atoms with Crippen molar-refractivity contribution in [3.63, 3.8) is 0 Å². The fourth-order valence-electron chi connectivity index (χ4n) is 1.14. The van der Waals surface area contributed by atoms with E-state index < -0.39 is 5.82 Å². The van der Waals surface area contributed by atoms with E-state index >= 15 is 0 Å². The molecule has 1 rings (SSSR count). The lowest BCUT2D eigenvalue weighted by atomic mass is 10.2. The second-order valence-corrected chi connectivity index (χ2v) is 3.05. The Labute approximate surface area is 92.4 Å². The molecular formula is C11H12FNO3. The fourth-order valence-corrected chi connectivity index (χ4v) is 1.14. The lowest BCUT2D eigenvalue weighted by molar-refractivity contribution is -0.121. The number of nitrogens with one attached hydrogen (secondary N) is 1. The number of ether oxygens (including phenoxy) is 1. The van der Waals surface area contributed by atoms with E-state index in [4.69, 9.17) is 4.74 Å². The first kappa shape index (κ1) is 12.2. The number of amides is 1. The first-order valence-electron chi connectivity index (χ1n) is 4.76. The van der Waals surface area contributed by atoms with E-state index in [-0.39, 0.29) is 30.2 Å². The minimum absolute atomic E-state index is 0.0292. The van der Waals surface area contributed by atoms with Crippen molar-refractivity contribution < 1.29 is 18.7 Å². The van der Waals surface area contributed by atoms with Crippen molar-refractivity contribution in [1.29, 1.82) is 0 Å². The average molecular weight is 225 g/mol. The first-order chi connectivity index (χ1) is 7.69. The van der Waals surface area contributed by atoms with Gasteiger partial charge in [0.15, 0.2) is 17.9 Å². The van der Waals surface area contributed by atoms with Gasteiger partial charge in [0.1, 0.15) is 0 Å². The largest absolute Gasteiger partial charge is 0.489 e. The molecule has 1 amide bonds. The molecule has 0 aromatic heterocycles. The van der Waals surface area contributed by atoms with Gasteiger partial charge in [-0.1, -0.05) is 6.07 Å². The van der Waals surface area contributed by atoms with Gasteiger partial charge in [0.2, 0.25) is 5.91 Å². The lowest BCUT2D eigenvalue weighted by Crippen LogP contribution is -2.20. The summed E-state index contributed by atoms with van der Waals surface area (Å²) in [4.78, 5) is 21.5. The van der Waals surface area contributed by atoms with Crippen LogP contribution in [0, 0.1) is 5.82 Å². The summed E-state index contributed by atoms with van der Waals surface area (Å²) in [6, 6.07) is 4.07. The van der Waals surface area contributed by atoms with Crippen LogP contribution in [0.2, 0.25) is 0 Å². The van der Waals surface area contributed by atoms with Crippen LogP contribution in [0.15, 0.2) is 18.2 Å². The summed E-state index contributed by atoms with van der Waals surface area (Å²) in [7, 11) is 1.50. The standard InChI is InChI=1S/C11H12FNO3/c1-13-10(15)5-6-16-11-8(7-14)3-2-4-9(11)12/h2-4,7H,5-6H2,1H3,(H,13,15). The number of benzene rings is 1. The Morgan fingerprint density at radius 3 is 2.94 bits per heavy atom. The Morgan fingerprint density at radius 2 is 2.31 bits per heavy atom. The number of para-hydroxylation sites is 1. The zero-order chi connectivity index (χ0) is 12.0. The third kappa shape index (κ3) is 3.05. The van der Waals surface area contributed by atoms with Crippen LogP contribution < -0.4 is 10.1 Å². The third-order valence-electron chi connectivity index (χ3n) is 1.98. The molecule has 1 aromatic carbocycles. The maximum Gasteiger partial charge on any atom is 0.223 e. The average Bonchev–Trinajstić information content (AvgIpc) is 2.30. The van der Waals surface area contributed by atoms with E-state index in [2.05, 4.69) is 5.32 Å². The van der Waals surface area contributed by atoms with Gasteiger partial charge in [0, 0.05) is 7.05 Å². The Morgan fingerprint density at radius 1 is 1.56 bits per heavy atom. The maximum atomic E-state index is 13.3. The summed E-state index contributed by atoms with van der Waals surface area (Å²) in [6.07, 6.45) is 0.626. The number of halogens is 1. The Bertz CT molecular complexity index is 393. The summed E-state index contributed by atoms with van der Waals surface area (Å²) in [5, 5.41) is 2.41. The molecule has 0 heterocycles. The molecule has 0 fully saturated rings. The van der Waals surface area contributed by atoms with E-state index in [9.17, 15) is 14.0 Å². The molecule has 5 heteroatoms. The van der Waals surface area contributed by atoms with Crippen LogP contribution >= 0.6 is 0 Å². The molecule has 16 heavy (non-hydrogen) atoms. The summed E-state index contributed by atoms with van der Waals surface area (Å²) >= 11 is 0. The van der Waals surface area contributed by atoms with Crippen LogP contribution in [-0.4, -0.2) is 25.8 Å². The van der Waals surface area contributed by atoms with Crippen molar-refractivity contribution in [1.82, 2.24) is 5.32 Å². The van der Waals surface area contributed by atoms with Gasteiger partial charge >= 0.3 is 0 Å². The van der Waals surface area contributed by atoms with Gasteiger partial charge in [-0.2, -0.15) is 0 Å². The lowest BCUT2D eigenvalue weighted by Gasteiger charge is -2.08. The zero-order valence-electron chi connectivity index (χ0n) is 8.83. The third-order valence-corrected chi connectivity index (χ3v) is 1.98. The Hall–Kier alpha value is -1.91. The number of carbonyl (C=O) groups is 2. The van der Waals surface area contributed by atoms with Gasteiger partial charge in [-0.25, -0.2) is 4.39 Å². The molecule has 0 saturated carbocycles. The Kier molecular flexibility index (Phi) is 4.44. The number of rotatable bonds is 5. The molecule has 0 aliphatic rings. The van der Waals surface area contributed by atoms with Gasteiger partial charge < -0.3 is 10.1 Å². The molecule has 1 aromatic rings. The summed E-state index contributed by atoms with van der Waals surface area (Å²) in [5.41, 5.74) is 0.136. The van der Waals surface area contributed by atoms with Gasteiger partial charge in [0.05, 0.1) is 18.6 Å². The SMILES string of the molecule is CNC(=O)CCOc1c(F)cccc1C=O. The molecule has 86 valence electrons. The van der Waals surface area contributed by atoms with E-state index in [1.165, 1.54) is 25.2 Å².